The number of hydrogen-bond donors (Lipinski definition) is 6. The van der Waals surface area contributed by atoms with Crippen LogP contribution < -0.4 is 5.32 Å². The summed E-state index contributed by atoms with van der Waals surface area (Å²) in [7, 11) is 0. The molecule has 0 bridgehead atoms. The van der Waals surface area contributed by atoms with Crippen LogP contribution in [-0.2, 0) is 23.8 Å². The molecule has 0 aromatic carbocycles. The van der Waals surface area contributed by atoms with Crippen molar-refractivity contribution in [3.05, 3.63) is 109 Å². The lowest BCUT2D eigenvalue weighted by Crippen LogP contribution is -2.61. The molecule has 0 aliphatic carbocycles. The van der Waals surface area contributed by atoms with E-state index >= 15 is 0 Å². The van der Waals surface area contributed by atoms with Crippen LogP contribution in [0.4, 0.5) is 0 Å². The summed E-state index contributed by atoms with van der Waals surface area (Å²) in [6.07, 6.45) is 57.1. The molecule has 0 spiro atoms. The van der Waals surface area contributed by atoms with Crippen molar-refractivity contribution in [1.82, 2.24) is 5.32 Å². The molecular formula is C63H105NO10. The molecule has 0 saturated carbocycles. The molecule has 11 heteroatoms. The number of amides is 1. The van der Waals surface area contributed by atoms with E-state index < -0.39 is 67.4 Å². The zero-order chi connectivity index (χ0) is 54.0. The Balaban J connectivity index is 2.75. The summed E-state index contributed by atoms with van der Waals surface area (Å²) in [6, 6.07) is -1.05. The highest BCUT2D eigenvalue weighted by Crippen LogP contribution is 2.26. The van der Waals surface area contributed by atoms with Gasteiger partial charge in [0.25, 0.3) is 0 Å². The van der Waals surface area contributed by atoms with Gasteiger partial charge >= 0.3 is 5.97 Å². The Labute approximate surface area is 449 Å². The molecule has 0 radical (unpaired) electrons. The van der Waals surface area contributed by atoms with E-state index in [-0.39, 0.29) is 19.4 Å². The summed E-state index contributed by atoms with van der Waals surface area (Å²) in [4.78, 5) is 26.4. The second-order valence-electron chi connectivity index (χ2n) is 19.6. The van der Waals surface area contributed by atoms with Crippen LogP contribution in [-0.4, -0.2) is 99.6 Å². The molecule has 1 aliphatic rings. The molecule has 6 N–H and O–H groups in total. The molecule has 0 aromatic rings. The fourth-order valence-corrected chi connectivity index (χ4v) is 8.34. The van der Waals surface area contributed by atoms with Gasteiger partial charge in [-0.15, -0.1) is 0 Å². The predicted molar refractivity (Wildman–Crippen MR) is 305 cm³/mol. The minimum absolute atomic E-state index is 0.103. The van der Waals surface area contributed by atoms with Crippen LogP contribution in [0.1, 0.15) is 213 Å². The molecule has 1 amide bonds. The van der Waals surface area contributed by atoms with Crippen molar-refractivity contribution in [2.24, 2.45) is 0 Å². The van der Waals surface area contributed by atoms with Gasteiger partial charge in [-0.1, -0.05) is 214 Å². The van der Waals surface area contributed by atoms with Crippen molar-refractivity contribution in [3.8, 4) is 0 Å². The number of hydrogen-bond acceptors (Lipinski definition) is 10. The average molecular weight is 1040 g/mol. The molecule has 11 nitrogen and oxygen atoms in total. The number of unbranched alkanes of at least 4 members (excludes halogenated alkanes) is 17. The molecule has 1 heterocycles. The highest BCUT2D eigenvalue weighted by atomic mass is 16.7. The van der Waals surface area contributed by atoms with Gasteiger partial charge in [-0.2, -0.15) is 0 Å². The lowest BCUT2D eigenvalue weighted by Gasteiger charge is -2.41. The second-order valence-corrected chi connectivity index (χ2v) is 19.6. The second kappa shape index (κ2) is 50.2. The Hall–Kier alpha value is -3.68. The minimum atomic E-state index is -1.63. The number of nitrogens with one attached hydrogen (secondary N) is 1. The monoisotopic (exact) mass is 1040 g/mol. The van der Waals surface area contributed by atoms with Gasteiger partial charge in [0.1, 0.15) is 24.4 Å². The average Bonchev–Trinajstić information content (AvgIpc) is 3.40. The van der Waals surface area contributed by atoms with Crippen molar-refractivity contribution in [2.75, 3.05) is 13.2 Å². The van der Waals surface area contributed by atoms with Crippen molar-refractivity contribution in [2.45, 2.75) is 262 Å². The summed E-state index contributed by atoms with van der Waals surface area (Å²) in [6.45, 7) is 5.50. The van der Waals surface area contributed by atoms with Crippen LogP contribution in [0.2, 0.25) is 0 Å². The lowest BCUT2D eigenvalue weighted by molar-refractivity contribution is -0.305. The first-order chi connectivity index (χ1) is 36.2. The molecule has 8 atom stereocenters. The first-order valence-electron chi connectivity index (χ1n) is 29.2. The quantitative estimate of drug-likeness (QED) is 0.0196. The Bertz CT molecular complexity index is 1610. The molecular weight excluding hydrogens is 931 g/mol. The summed E-state index contributed by atoms with van der Waals surface area (Å²) in [5.74, 6) is -1.26. The van der Waals surface area contributed by atoms with Crippen LogP contribution in [0.5, 0.6) is 0 Å². The maximum Gasteiger partial charge on any atom is 0.306 e. The molecule has 0 aromatic heterocycles. The van der Waals surface area contributed by atoms with Gasteiger partial charge in [-0.25, -0.2) is 0 Å². The third kappa shape index (κ3) is 38.0. The van der Waals surface area contributed by atoms with E-state index in [1.54, 1.807) is 6.08 Å². The van der Waals surface area contributed by atoms with Crippen molar-refractivity contribution < 1.29 is 49.3 Å². The van der Waals surface area contributed by atoms with E-state index in [0.717, 1.165) is 116 Å². The Morgan fingerprint density at radius 2 is 0.973 bits per heavy atom. The number of ether oxygens (including phenoxy) is 3. The first-order valence-corrected chi connectivity index (χ1v) is 29.2. The summed E-state index contributed by atoms with van der Waals surface area (Å²) < 4.78 is 17.5. The highest BCUT2D eigenvalue weighted by Gasteiger charge is 2.47. The number of allylic oxidation sites excluding steroid dienone is 17. The van der Waals surface area contributed by atoms with E-state index in [1.807, 2.05) is 12.2 Å². The van der Waals surface area contributed by atoms with Crippen LogP contribution >= 0.6 is 0 Å². The van der Waals surface area contributed by atoms with Crippen LogP contribution in [0.3, 0.4) is 0 Å². The van der Waals surface area contributed by atoms with Crippen molar-refractivity contribution in [3.63, 3.8) is 0 Å². The fraction of sp³-hybridized carbons (Fsp3) is 0.683. The fourth-order valence-electron chi connectivity index (χ4n) is 8.34. The third-order valence-corrected chi connectivity index (χ3v) is 12.9. The summed E-state index contributed by atoms with van der Waals surface area (Å²) in [5, 5.41) is 56.8. The molecule has 1 fully saturated rings. The topological polar surface area (TPSA) is 175 Å². The molecule has 1 aliphatic heterocycles. The molecule has 422 valence electrons. The van der Waals surface area contributed by atoms with Crippen LogP contribution in [0, 0.1) is 0 Å². The number of rotatable bonds is 47. The number of carbonyl (C=O) groups excluding carboxylic acids is 2. The Morgan fingerprint density at radius 1 is 0.541 bits per heavy atom. The molecule has 1 rings (SSSR count). The van der Waals surface area contributed by atoms with E-state index in [2.05, 4.69) is 117 Å². The first kappa shape index (κ1) is 68.3. The van der Waals surface area contributed by atoms with Gasteiger partial charge in [-0.05, 0) is 103 Å². The van der Waals surface area contributed by atoms with Crippen molar-refractivity contribution >= 4 is 11.9 Å². The minimum Gasteiger partial charge on any atom is -0.454 e. The van der Waals surface area contributed by atoms with Gasteiger partial charge in [0.2, 0.25) is 5.91 Å². The number of aliphatic hydroxyl groups is 5. The number of aliphatic hydroxyl groups excluding tert-OH is 5. The van der Waals surface area contributed by atoms with Crippen LogP contribution in [0.25, 0.3) is 0 Å². The van der Waals surface area contributed by atoms with Gasteiger partial charge in [0.05, 0.1) is 25.4 Å². The maximum absolute atomic E-state index is 13.4. The van der Waals surface area contributed by atoms with Gasteiger partial charge in [0.15, 0.2) is 12.4 Å². The standard InChI is InChI=1S/C63H105NO10/c1-4-7-10-13-16-19-22-24-26-27-28-29-30-31-32-35-38-41-44-47-50-56(67)62(71)64-54(55(66)49-46-43-40-37-34-21-18-15-12-9-6-3)53-72-63-61(60(70)59(69)57(52-65)73-63)74-58(68)51-48-45-42-39-36-33-25-23-20-17-14-11-8-5-2/h7-8,10-11,16-17,19-20,24,26,28-29,31-32,38,41,46,49,54-57,59-61,63,65-67,69-70H,4-6,9,12-15,18,21-23,25,27,30,33-37,39-40,42-45,47-48,50-53H2,1-3H3,(H,64,71)/b10-7-,11-8+,19-16-,20-17+,26-24-,29-28-,32-31-,41-38-,49-46+. The smallest absolute Gasteiger partial charge is 0.306 e. The number of carbonyl (C=O) groups is 2. The molecule has 8 unspecified atom stereocenters. The van der Waals surface area contributed by atoms with E-state index in [0.29, 0.717) is 19.3 Å². The Kier molecular flexibility index (Phi) is 46.3. The van der Waals surface area contributed by atoms with E-state index in [4.69, 9.17) is 14.2 Å². The highest BCUT2D eigenvalue weighted by molar-refractivity contribution is 5.80. The Morgan fingerprint density at radius 3 is 1.46 bits per heavy atom. The number of esters is 1. The van der Waals surface area contributed by atoms with Crippen LogP contribution in [0.15, 0.2) is 109 Å². The van der Waals surface area contributed by atoms with E-state index in [1.165, 1.54) is 44.9 Å². The zero-order valence-electron chi connectivity index (χ0n) is 46.4. The van der Waals surface area contributed by atoms with Crippen molar-refractivity contribution in [1.29, 1.82) is 0 Å². The van der Waals surface area contributed by atoms with E-state index in [9.17, 15) is 35.1 Å². The third-order valence-electron chi connectivity index (χ3n) is 12.9. The largest absolute Gasteiger partial charge is 0.454 e. The molecule has 74 heavy (non-hydrogen) atoms. The lowest BCUT2D eigenvalue weighted by atomic mass is 9.99. The maximum atomic E-state index is 13.4. The van der Waals surface area contributed by atoms with Gasteiger partial charge < -0.3 is 45.1 Å². The molecule has 1 saturated heterocycles. The van der Waals surface area contributed by atoms with Gasteiger partial charge in [-0.3, -0.25) is 9.59 Å². The van der Waals surface area contributed by atoms with Gasteiger partial charge in [0, 0.05) is 6.42 Å². The zero-order valence-corrected chi connectivity index (χ0v) is 46.4. The predicted octanol–water partition coefficient (Wildman–Crippen LogP) is 13.3. The summed E-state index contributed by atoms with van der Waals surface area (Å²) in [5.41, 5.74) is 0. The SMILES string of the molecule is CC/C=C\C/C=C\C/C=C\C/C=C\C/C=C\C/C=C\CCCC(O)C(=O)NC(COC1OC(CO)C(O)C(O)C1OC(=O)CCCCCCCCC/C=C/C/C=C/CC)C(O)/C=C/CCCCCCCCCCC. The normalized spacial score (nSPS) is 20.1. The summed E-state index contributed by atoms with van der Waals surface area (Å²) >= 11 is 0.